The summed E-state index contributed by atoms with van der Waals surface area (Å²) in [5.74, 6) is 0. The predicted molar refractivity (Wildman–Crippen MR) is 290 cm³/mol. The Labute approximate surface area is 401 Å². The molecule has 0 aliphatic heterocycles. The van der Waals surface area contributed by atoms with Crippen molar-refractivity contribution in [1.82, 2.24) is 4.57 Å². The minimum Gasteiger partial charge on any atom is -0.456 e. The van der Waals surface area contributed by atoms with Crippen LogP contribution >= 0.6 is 0 Å². The Morgan fingerprint density at radius 2 is 0.739 bits per heavy atom. The molecule has 3 heteroatoms. The molecule has 324 valence electrons. The van der Waals surface area contributed by atoms with Crippen molar-refractivity contribution in [2.24, 2.45) is 0 Å². The molecule has 0 bridgehead atoms. The molecule has 0 N–H and O–H groups in total. The van der Waals surface area contributed by atoms with Crippen LogP contribution in [0.1, 0.15) is 0 Å². The van der Waals surface area contributed by atoms with E-state index >= 15 is 0 Å². The molecule has 3 nitrogen and oxygen atoms in total. The molecule has 13 rings (SSSR count). The van der Waals surface area contributed by atoms with Gasteiger partial charge in [-0.3, -0.25) is 0 Å². The molecule has 2 heterocycles. The monoisotopic (exact) mass is 880 g/mol. The quantitative estimate of drug-likeness (QED) is 0.144. The minimum absolute atomic E-state index is 0.900. The topological polar surface area (TPSA) is 21.3 Å². The molecule has 0 radical (unpaired) electrons. The summed E-state index contributed by atoms with van der Waals surface area (Å²) in [5, 5.41) is 4.81. The van der Waals surface area contributed by atoms with Crippen LogP contribution in [-0.2, 0) is 0 Å². The van der Waals surface area contributed by atoms with E-state index in [0.29, 0.717) is 0 Å². The minimum atomic E-state index is 0.900. The number of aromatic nitrogens is 1. The molecule has 0 atom stereocenters. The van der Waals surface area contributed by atoms with E-state index in [0.717, 1.165) is 83.6 Å². The van der Waals surface area contributed by atoms with Crippen LogP contribution in [0.3, 0.4) is 0 Å². The highest BCUT2D eigenvalue weighted by atomic mass is 16.3. The van der Waals surface area contributed by atoms with Gasteiger partial charge in [-0.2, -0.15) is 0 Å². The normalized spacial score (nSPS) is 11.5. The third-order valence-electron chi connectivity index (χ3n) is 13.6. The van der Waals surface area contributed by atoms with E-state index < -0.39 is 0 Å². The number of hydrogen-bond donors (Lipinski definition) is 0. The van der Waals surface area contributed by atoms with Crippen LogP contribution < -0.4 is 4.90 Å². The Hall–Kier alpha value is -9.18. The fourth-order valence-corrected chi connectivity index (χ4v) is 10.3. The molecule has 0 aliphatic carbocycles. The van der Waals surface area contributed by atoms with Crippen molar-refractivity contribution in [3.8, 4) is 61.3 Å². The van der Waals surface area contributed by atoms with Crippen LogP contribution in [-0.4, -0.2) is 4.57 Å². The number of hydrogen-bond acceptors (Lipinski definition) is 2. The molecule has 0 saturated carbocycles. The lowest BCUT2D eigenvalue weighted by molar-refractivity contribution is 0.669. The smallest absolute Gasteiger partial charge is 0.136 e. The van der Waals surface area contributed by atoms with Gasteiger partial charge in [0.25, 0.3) is 0 Å². The summed E-state index contributed by atoms with van der Waals surface area (Å²) in [4.78, 5) is 2.39. The number of para-hydroxylation sites is 4. The summed E-state index contributed by atoms with van der Waals surface area (Å²) in [6.45, 7) is 0. The first kappa shape index (κ1) is 40.1. The first-order valence-electron chi connectivity index (χ1n) is 23.6. The van der Waals surface area contributed by atoms with Gasteiger partial charge in [0, 0.05) is 44.2 Å². The van der Waals surface area contributed by atoms with Gasteiger partial charge < -0.3 is 13.9 Å². The van der Waals surface area contributed by atoms with E-state index in [4.69, 9.17) is 4.42 Å². The maximum Gasteiger partial charge on any atom is 0.136 e. The Bertz CT molecular complexity index is 3920. The number of anilines is 3. The lowest BCUT2D eigenvalue weighted by Crippen LogP contribution is -2.11. The molecule has 13 aromatic rings. The first-order valence-corrected chi connectivity index (χ1v) is 23.6. The molecule has 0 aliphatic rings. The second-order valence-electron chi connectivity index (χ2n) is 17.7. The van der Waals surface area contributed by atoms with Gasteiger partial charge in [-0.1, -0.05) is 194 Å². The third-order valence-corrected chi connectivity index (χ3v) is 13.6. The highest BCUT2D eigenvalue weighted by molar-refractivity contribution is 6.12. The summed E-state index contributed by atoms with van der Waals surface area (Å²) in [5.41, 5.74) is 20.3. The van der Waals surface area contributed by atoms with Crippen molar-refractivity contribution in [3.05, 3.63) is 267 Å². The van der Waals surface area contributed by atoms with Gasteiger partial charge in [0.1, 0.15) is 11.2 Å². The molecule has 11 aromatic carbocycles. The molecule has 0 unspecified atom stereocenters. The van der Waals surface area contributed by atoms with Crippen LogP contribution in [0, 0.1) is 0 Å². The SMILES string of the molecule is c1ccc(-c2ccc(-c3ccccc3N(c3ccc(-c4ccc(-n5c6ccccc6c6ccccc65)cc4)cc3)c3ccc(-c4cccc(-c5cccc6oc7ccccc7c56)c4)cc3)cc2)cc1. The van der Waals surface area contributed by atoms with E-state index in [9.17, 15) is 0 Å². The van der Waals surface area contributed by atoms with Gasteiger partial charge in [-0.25, -0.2) is 0 Å². The van der Waals surface area contributed by atoms with Crippen molar-refractivity contribution < 1.29 is 4.42 Å². The molecule has 0 spiro atoms. The van der Waals surface area contributed by atoms with E-state index in [1.807, 2.05) is 12.1 Å². The fourth-order valence-electron chi connectivity index (χ4n) is 10.3. The standard InChI is InChI=1S/C66H44N2O/c1-2-14-45(15-3-1)46-28-30-50(31-29-46)56-18-4-8-23-61(56)67(53-38-32-47(33-39-53)48-34-42-55(43-35-48)68-62-24-9-5-19-58(62)59-20-6-10-25-63(59)68)54-40-36-49(37-41-54)51-16-12-17-52(44-51)57-22-13-27-65-66(57)60-21-7-11-26-64(60)69-65/h1-44H. The van der Waals surface area contributed by atoms with Crippen LogP contribution in [0.25, 0.3) is 105 Å². The van der Waals surface area contributed by atoms with Crippen molar-refractivity contribution in [1.29, 1.82) is 0 Å². The number of benzene rings is 11. The first-order chi connectivity index (χ1) is 34.2. The zero-order chi connectivity index (χ0) is 45.7. The predicted octanol–water partition coefficient (Wildman–Crippen LogP) is 18.5. The van der Waals surface area contributed by atoms with Crippen LogP contribution in [0.2, 0.25) is 0 Å². The fraction of sp³-hybridized carbons (Fsp3) is 0. The molecular formula is C66H44N2O. The molecule has 0 fully saturated rings. The highest BCUT2D eigenvalue weighted by Crippen LogP contribution is 2.43. The van der Waals surface area contributed by atoms with Crippen molar-refractivity contribution in [2.75, 3.05) is 4.90 Å². The molecule has 69 heavy (non-hydrogen) atoms. The number of nitrogens with zero attached hydrogens (tertiary/aromatic N) is 2. The largest absolute Gasteiger partial charge is 0.456 e. The van der Waals surface area contributed by atoms with Gasteiger partial charge in [0.15, 0.2) is 0 Å². The molecular weight excluding hydrogens is 837 g/mol. The van der Waals surface area contributed by atoms with E-state index in [1.165, 1.54) is 38.5 Å². The zero-order valence-corrected chi connectivity index (χ0v) is 37.7. The Morgan fingerprint density at radius 1 is 0.290 bits per heavy atom. The Balaban J connectivity index is 0.868. The van der Waals surface area contributed by atoms with Crippen molar-refractivity contribution >= 4 is 60.8 Å². The third kappa shape index (κ3) is 7.16. The summed E-state index contributed by atoms with van der Waals surface area (Å²) in [7, 11) is 0. The van der Waals surface area contributed by atoms with Crippen molar-refractivity contribution in [3.63, 3.8) is 0 Å². The summed E-state index contributed by atoms with van der Waals surface area (Å²) < 4.78 is 8.63. The molecule has 0 saturated heterocycles. The van der Waals surface area contributed by atoms with Crippen LogP contribution in [0.15, 0.2) is 271 Å². The second-order valence-corrected chi connectivity index (χ2v) is 17.7. The van der Waals surface area contributed by atoms with Gasteiger partial charge in [-0.15, -0.1) is 0 Å². The molecule has 2 aromatic heterocycles. The van der Waals surface area contributed by atoms with Crippen LogP contribution in [0.4, 0.5) is 17.1 Å². The number of fused-ring (bicyclic) bond motifs is 6. The highest BCUT2D eigenvalue weighted by Gasteiger charge is 2.19. The van der Waals surface area contributed by atoms with Crippen LogP contribution in [0.5, 0.6) is 0 Å². The average molecular weight is 881 g/mol. The molecule has 0 amide bonds. The lowest BCUT2D eigenvalue weighted by atomic mass is 9.95. The number of rotatable bonds is 9. The Kier molecular flexibility index (Phi) is 9.84. The number of furan rings is 1. The Morgan fingerprint density at radius 3 is 1.42 bits per heavy atom. The second kappa shape index (κ2) is 16.9. The van der Waals surface area contributed by atoms with E-state index in [2.05, 4.69) is 264 Å². The van der Waals surface area contributed by atoms with Gasteiger partial charge in [0.05, 0.1) is 16.7 Å². The maximum atomic E-state index is 6.26. The van der Waals surface area contributed by atoms with Gasteiger partial charge in [0.2, 0.25) is 0 Å². The average Bonchev–Trinajstić information content (AvgIpc) is 3.98. The van der Waals surface area contributed by atoms with Gasteiger partial charge >= 0.3 is 0 Å². The maximum absolute atomic E-state index is 6.26. The zero-order valence-electron chi connectivity index (χ0n) is 37.7. The van der Waals surface area contributed by atoms with E-state index in [-0.39, 0.29) is 0 Å². The summed E-state index contributed by atoms with van der Waals surface area (Å²) in [6, 6.07) is 96.1. The summed E-state index contributed by atoms with van der Waals surface area (Å²) >= 11 is 0. The van der Waals surface area contributed by atoms with Crippen molar-refractivity contribution in [2.45, 2.75) is 0 Å². The summed E-state index contributed by atoms with van der Waals surface area (Å²) in [6.07, 6.45) is 0. The lowest BCUT2D eigenvalue weighted by Gasteiger charge is -2.28. The van der Waals surface area contributed by atoms with Gasteiger partial charge in [-0.05, 0) is 123 Å². The van der Waals surface area contributed by atoms with E-state index in [1.54, 1.807) is 0 Å².